The Bertz CT molecular complexity index is 1320. The van der Waals surface area contributed by atoms with E-state index in [1.165, 1.54) is 11.1 Å². The summed E-state index contributed by atoms with van der Waals surface area (Å²) < 4.78 is 39.3. The molecule has 0 unspecified atom stereocenters. The third-order valence-electron chi connectivity index (χ3n) is 7.66. The number of carbonyl (C=O) groups is 1. The Morgan fingerprint density at radius 3 is 2.32 bits per heavy atom. The fourth-order valence-electron chi connectivity index (χ4n) is 5.51. The summed E-state index contributed by atoms with van der Waals surface area (Å²) in [5.74, 6) is -3.48. The third-order valence-corrected chi connectivity index (χ3v) is 7.66. The number of methoxy groups -OCH3 is 1. The van der Waals surface area contributed by atoms with Gasteiger partial charge in [0.1, 0.15) is 11.3 Å². The zero-order chi connectivity index (χ0) is 26.4. The molecule has 1 saturated carbocycles. The molecular weight excluding hydrogens is 476 g/mol. The monoisotopic (exact) mass is 507 g/mol. The van der Waals surface area contributed by atoms with Gasteiger partial charge in [-0.3, -0.25) is 0 Å². The Balaban J connectivity index is 1.46. The molecule has 2 aliphatic rings. The zero-order valence-electron chi connectivity index (χ0n) is 21.2. The molecule has 0 radical (unpaired) electrons. The molecule has 7 heteroatoms. The number of hydrogen-bond donors (Lipinski definition) is 2. The normalized spacial score (nSPS) is 17.6. The van der Waals surface area contributed by atoms with Gasteiger partial charge in [0.2, 0.25) is 0 Å². The van der Waals surface area contributed by atoms with Gasteiger partial charge < -0.3 is 19.9 Å². The average Bonchev–Trinajstić information content (AvgIpc) is 3.26. The van der Waals surface area contributed by atoms with Crippen LogP contribution in [0.15, 0.2) is 54.6 Å². The summed E-state index contributed by atoms with van der Waals surface area (Å²) in [7, 11) is 1.64. The number of fused-ring (bicyclic) bond motifs is 1. The number of carboxylic acids is 1. The summed E-state index contributed by atoms with van der Waals surface area (Å²) in [6, 6.07) is 17.8. The quantitative estimate of drug-likeness (QED) is 0.373. The summed E-state index contributed by atoms with van der Waals surface area (Å²) in [6.45, 7) is 4.33. The van der Waals surface area contributed by atoms with Crippen molar-refractivity contribution in [2.24, 2.45) is 0 Å². The van der Waals surface area contributed by atoms with Gasteiger partial charge in [0.15, 0.2) is 0 Å². The van der Waals surface area contributed by atoms with Crippen molar-refractivity contribution in [2.45, 2.75) is 63.7 Å². The first-order valence-corrected chi connectivity index (χ1v) is 12.5. The molecule has 0 atom stereocenters. The molecule has 5 rings (SSSR count). The Labute approximate surface area is 215 Å². The molecule has 2 aliphatic carbocycles. The van der Waals surface area contributed by atoms with E-state index >= 15 is 0 Å². The highest BCUT2D eigenvalue weighted by atomic mass is 19.3. The highest BCUT2D eigenvalue weighted by molar-refractivity contribution is 5.85. The maximum Gasteiger partial charge on any atom is 0.329 e. The first kappa shape index (κ1) is 25.2. The van der Waals surface area contributed by atoms with Crippen LogP contribution in [0.5, 0.6) is 5.75 Å². The van der Waals surface area contributed by atoms with Gasteiger partial charge in [0.05, 0.1) is 19.8 Å². The molecular formula is C30H31F2NO4. The second-order valence-corrected chi connectivity index (χ2v) is 10.3. The number of carboxylic acid groups (broad SMARTS) is 1. The van der Waals surface area contributed by atoms with Gasteiger partial charge in [-0.25, -0.2) is 13.6 Å². The second kappa shape index (κ2) is 9.45. The molecule has 2 N–H and O–H groups in total. The molecule has 0 spiro atoms. The molecule has 0 aromatic heterocycles. The lowest BCUT2D eigenvalue weighted by molar-refractivity contribution is -0.168. The number of nitrogens with one attached hydrogen (secondary N) is 1. The lowest BCUT2D eigenvalue weighted by atomic mass is 9.73. The van der Waals surface area contributed by atoms with Crippen molar-refractivity contribution in [3.63, 3.8) is 0 Å². The fraction of sp³-hybridized carbons (Fsp3) is 0.367. The smallest absolute Gasteiger partial charge is 0.329 e. The number of alkyl halides is 2. The van der Waals surface area contributed by atoms with E-state index in [-0.39, 0.29) is 6.10 Å². The number of aryl methyl sites for hydroxylation is 1. The van der Waals surface area contributed by atoms with Crippen LogP contribution in [0.25, 0.3) is 11.1 Å². The fourth-order valence-corrected chi connectivity index (χ4v) is 5.51. The molecule has 0 bridgehead atoms. The summed E-state index contributed by atoms with van der Waals surface area (Å²) in [6.07, 6.45) is 0.220. The molecule has 3 aromatic carbocycles. The van der Waals surface area contributed by atoms with Crippen molar-refractivity contribution in [1.29, 1.82) is 0 Å². The Kier molecular flexibility index (Phi) is 6.44. The van der Waals surface area contributed by atoms with Gasteiger partial charge in [0.25, 0.3) is 5.92 Å². The van der Waals surface area contributed by atoms with Crippen LogP contribution in [0.4, 0.5) is 14.5 Å². The summed E-state index contributed by atoms with van der Waals surface area (Å²) in [5.41, 5.74) is 6.22. The lowest BCUT2D eigenvalue weighted by Crippen LogP contribution is -2.61. The molecule has 194 valence electrons. The number of halogens is 2. The van der Waals surface area contributed by atoms with Crippen molar-refractivity contribution >= 4 is 11.7 Å². The summed E-state index contributed by atoms with van der Waals surface area (Å²) in [4.78, 5) is 11.9. The molecule has 0 amide bonds. The Morgan fingerprint density at radius 2 is 1.73 bits per heavy atom. The van der Waals surface area contributed by atoms with Crippen molar-refractivity contribution in [3.05, 3.63) is 82.4 Å². The van der Waals surface area contributed by atoms with Crippen LogP contribution in [0.3, 0.4) is 0 Å². The van der Waals surface area contributed by atoms with Crippen molar-refractivity contribution < 1.29 is 28.2 Å². The molecule has 37 heavy (non-hydrogen) atoms. The second-order valence-electron chi connectivity index (χ2n) is 10.3. The van der Waals surface area contributed by atoms with Gasteiger partial charge >= 0.3 is 5.97 Å². The lowest BCUT2D eigenvalue weighted by Gasteiger charge is -2.44. The van der Waals surface area contributed by atoms with E-state index in [4.69, 9.17) is 9.47 Å². The third kappa shape index (κ3) is 4.92. The molecule has 0 saturated heterocycles. The van der Waals surface area contributed by atoms with Crippen molar-refractivity contribution in [1.82, 2.24) is 0 Å². The van der Waals surface area contributed by atoms with E-state index in [0.29, 0.717) is 12.3 Å². The Hall–Kier alpha value is -3.45. The van der Waals surface area contributed by atoms with Gasteiger partial charge in [0, 0.05) is 18.5 Å². The molecule has 0 aliphatic heterocycles. The first-order valence-electron chi connectivity index (χ1n) is 12.5. The van der Waals surface area contributed by atoms with Gasteiger partial charge in [-0.1, -0.05) is 36.4 Å². The largest absolute Gasteiger partial charge is 0.496 e. The van der Waals surface area contributed by atoms with Crippen LogP contribution in [0.2, 0.25) is 0 Å². The molecule has 1 fully saturated rings. The van der Waals surface area contributed by atoms with Gasteiger partial charge in [-0.05, 0) is 83.8 Å². The van der Waals surface area contributed by atoms with Crippen LogP contribution in [0, 0.1) is 13.8 Å². The topological polar surface area (TPSA) is 67.8 Å². The van der Waals surface area contributed by atoms with E-state index in [1.807, 2.05) is 44.2 Å². The SMILES string of the molecule is COc1cc(-c2ccc(NC3(C(=O)O)CC(F)(F)C3)cc2COC2Cc3ccccc3C2)cc(C)c1C. The minimum Gasteiger partial charge on any atom is -0.496 e. The van der Waals surface area contributed by atoms with E-state index in [0.717, 1.165) is 46.4 Å². The predicted molar refractivity (Wildman–Crippen MR) is 139 cm³/mol. The minimum absolute atomic E-state index is 0.0341. The summed E-state index contributed by atoms with van der Waals surface area (Å²) >= 11 is 0. The highest BCUT2D eigenvalue weighted by Gasteiger charge is 2.61. The van der Waals surface area contributed by atoms with E-state index < -0.39 is 30.3 Å². The number of hydrogen-bond acceptors (Lipinski definition) is 4. The zero-order valence-corrected chi connectivity index (χ0v) is 21.2. The number of rotatable bonds is 8. The number of aliphatic carboxylic acids is 1. The molecule has 3 aromatic rings. The van der Waals surface area contributed by atoms with Crippen LogP contribution < -0.4 is 10.1 Å². The highest BCUT2D eigenvalue weighted by Crippen LogP contribution is 2.48. The summed E-state index contributed by atoms with van der Waals surface area (Å²) in [5, 5.41) is 12.6. The number of anilines is 1. The van der Waals surface area contributed by atoms with Crippen LogP contribution in [0.1, 0.15) is 40.7 Å². The van der Waals surface area contributed by atoms with Crippen LogP contribution in [-0.4, -0.2) is 35.8 Å². The first-order chi connectivity index (χ1) is 17.6. The predicted octanol–water partition coefficient (Wildman–Crippen LogP) is 6.33. The number of benzene rings is 3. The number of ether oxygens (including phenoxy) is 2. The van der Waals surface area contributed by atoms with E-state index in [2.05, 4.69) is 23.5 Å². The maximum atomic E-state index is 13.7. The maximum absolute atomic E-state index is 13.7. The van der Waals surface area contributed by atoms with E-state index in [9.17, 15) is 18.7 Å². The molecule has 0 heterocycles. The van der Waals surface area contributed by atoms with Crippen LogP contribution in [-0.2, 0) is 29.0 Å². The van der Waals surface area contributed by atoms with E-state index in [1.54, 1.807) is 13.2 Å². The average molecular weight is 508 g/mol. The standard InChI is InChI=1S/C30H31F2NO4/c1-18-10-22(14-27(36-3)19(18)2)26-9-8-24(33-29(28(34)35)16-30(31,32)17-29)11-23(26)15-37-25-12-20-6-4-5-7-21(20)13-25/h4-11,14,25,33H,12-13,15-17H2,1-3H3,(H,34,35). The van der Waals surface area contributed by atoms with Gasteiger partial charge in [-0.2, -0.15) is 0 Å². The minimum atomic E-state index is -2.98. The van der Waals surface area contributed by atoms with Crippen LogP contribution >= 0.6 is 0 Å². The Morgan fingerprint density at radius 1 is 1.05 bits per heavy atom. The van der Waals surface area contributed by atoms with Crippen molar-refractivity contribution in [2.75, 3.05) is 12.4 Å². The molecule has 5 nitrogen and oxygen atoms in total. The van der Waals surface area contributed by atoms with Crippen molar-refractivity contribution in [3.8, 4) is 16.9 Å². The van der Waals surface area contributed by atoms with Gasteiger partial charge in [-0.15, -0.1) is 0 Å².